The fourth-order valence-electron chi connectivity index (χ4n) is 3.18. The quantitative estimate of drug-likeness (QED) is 0.761. The number of benzene rings is 1. The Morgan fingerprint density at radius 3 is 2.60 bits per heavy atom. The van der Waals surface area contributed by atoms with Crippen molar-refractivity contribution in [3.8, 4) is 10.4 Å². The Bertz CT molecular complexity index is 805. The average Bonchev–Trinajstić information content (AvgIpc) is 2.94. The molecule has 1 aliphatic carbocycles. The number of carbonyl (C=O) groups is 1. The summed E-state index contributed by atoms with van der Waals surface area (Å²) >= 11 is 1.47. The number of hydrogen-bond donors (Lipinski definition) is 1. The average molecular weight is 353 g/mol. The highest BCUT2D eigenvalue weighted by Gasteiger charge is 2.27. The van der Waals surface area contributed by atoms with Gasteiger partial charge in [-0.15, -0.1) is 11.3 Å². The summed E-state index contributed by atoms with van der Waals surface area (Å²) in [5, 5.41) is 0.537. The van der Waals surface area contributed by atoms with Crippen LogP contribution in [0.5, 0.6) is 0 Å². The summed E-state index contributed by atoms with van der Waals surface area (Å²) in [5.41, 5.74) is 8.87. The molecule has 3 rings (SSSR count). The summed E-state index contributed by atoms with van der Waals surface area (Å²) in [6.45, 7) is 4.36. The van der Waals surface area contributed by atoms with Gasteiger partial charge >= 0.3 is 5.97 Å². The molecule has 2 atom stereocenters. The SMILES string of the molecule is CCOC(=O)c1c(N)sc(-c2ccccc2)c1CC1C=CC=CC1C. The largest absolute Gasteiger partial charge is 0.462 e. The lowest BCUT2D eigenvalue weighted by Crippen LogP contribution is -2.15. The van der Waals surface area contributed by atoms with Crippen LogP contribution >= 0.6 is 11.3 Å². The molecule has 130 valence electrons. The smallest absolute Gasteiger partial charge is 0.341 e. The van der Waals surface area contributed by atoms with E-state index in [2.05, 4.69) is 43.4 Å². The zero-order chi connectivity index (χ0) is 17.8. The number of esters is 1. The first-order valence-corrected chi connectivity index (χ1v) is 9.42. The molecule has 1 aromatic heterocycles. The van der Waals surface area contributed by atoms with Gasteiger partial charge in [-0.2, -0.15) is 0 Å². The lowest BCUT2D eigenvalue weighted by atomic mass is 9.83. The molecule has 0 saturated heterocycles. The lowest BCUT2D eigenvalue weighted by molar-refractivity contribution is 0.0526. The summed E-state index contributed by atoms with van der Waals surface area (Å²) in [4.78, 5) is 13.6. The molecule has 0 spiro atoms. The van der Waals surface area contributed by atoms with Crippen molar-refractivity contribution in [1.29, 1.82) is 0 Å². The van der Waals surface area contributed by atoms with E-state index in [1.54, 1.807) is 0 Å². The van der Waals surface area contributed by atoms with Crippen molar-refractivity contribution in [2.24, 2.45) is 11.8 Å². The Morgan fingerprint density at radius 1 is 1.20 bits per heavy atom. The van der Waals surface area contributed by atoms with E-state index in [0.717, 1.165) is 22.4 Å². The number of ether oxygens (including phenoxy) is 1. The lowest BCUT2D eigenvalue weighted by Gasteiger charge is -2.21. The molecule has 1 heterocycles. The van der Waals surface area contributed by atoms with E-state index in [0.29, 0.717) is 29.0 Å². The van der Waals surface area contributed by atoms with Crippen LogP contribution in [0.4, 0.5) is 5.00 Å². The second kappa shape index (κ2) is 7.70. The van der Waals surface area contributed by atoms with E-state index in [4.69, 9.17) is 10.5 Å². The third-order valence-corrected chi connectivity index (χ3v) is 5.66. The van der Waals surface area contributed by atoms with E-state index >= 15 is 0 Å². The Labute approximate surface area is 152 Å². The van der Waals surface area contributed by atoms with Crippen molar-refractivity contribution >= 4 is 22.3 Å². The number of thiophene rings is 1. The topological polar surface area (TPSA) is 52.3 Å². The van der Waals surface area contributed by atoms with Gasteiger partial charge in [0, 0.05) is 4.88 Å². The van der Waals surface area contributed by atoms with Crippen LogP contribution in [0.2, 0.25) is 0 Å². The minimum atomic E-state index is -0.323. The molecule has 1 aliphatic rings. The van der Waals surface area contributed by atoms with E-state index in [-0.39, 0.29) is 5.97 Å². The molecule has 1 aromatic carbocycles. The first-order valence-electron chi connectivity index (χ1n) is 8.60. The zero-order valence-electron chi connectivity index (χ0n) is 14.6. The molecule has 4 heteroatoms. The Morgan fingerprint density at radius 2 is 1.92 bits per heavy atom. The minimum Gasteiger partial charge on any atom is -0.462 e. The molecular weight excluding hydrogens is 330 g/mol. The predicted octanol–water partition coefficient (Wildman–Crippen LogP) is 5.09. The van der Waals surface area contributed by atoms with E-state index in [1.807, 2.05) is 25.1 Å². The van der Waals surface area contributed by atoms with Crippen LogP contribution in [0.3, 0.4) is 0 Å². The fourth-order valence-corrected chi connectivity index (χ4v) is 4.27. The van der Waals surface area contributed by atoms with Crippen LogP contribution < -0.4 is 5.73 Å². The second-order valence-corrected chi connectivity index (χ2v) is 7.28. The van der Waals surface area contributed by atoms with Gasteiger partial charge in [0.1, 0.15) is 5.00 Å². The molecule has 3 nitrogen and oxygen atoms in total. The molecule has 2 unspecified atom stereocenters. The first-order chi connectivity index (χ1) is 12.1. The van der Waals surface area contributed by atoms with Crippen LogP contribution in [0, 0.1) is 11.8 Å². The molecule has 0 bridgehead atoms. The number of nitrogen functional groups attached to an aromatic ring is 1. The van der Waals surface area contributed by atoms with Gasteiger partial charge in [0.15, 0.2) is 0 Å². The maximum Gasteiger partial charge on any atom is 0.341 e. The third kappa shape index (κ3) is 3.69. The standard InChI is InChI=1S/C21H23NO2S/c1-3-24-21(23)18-17(13-16-12-8-7-9-14(16)2)19(25-20(18)22)15-10-5-4-6-11-15/h4-12,14,16H,3,13,22H2,1-2H3. The molecule has 0 saturated carbocycles. The van der Waals surface area contributed by atoms with Crippen LogP contribution in [0.1, 0.15) is 29.8 Å². The van der Waals surface area contributed by atoms with Crippen molar-refractivity contribution in [2.45, 2.75) is 20.3 Å². The molecule has 25 heavy (non-hydrogen) atoms. The molecule has 0 aliphatic heterocycles. The van der Waals surface area contributed by atoms with Gasteiger partial charge in [-0.05, 0) is 36.3 Å². The first kappa shape index (κ1) is 17.5. The molecule has 2 N–H and O–H groups in total. The number of allylic oxidation sites excluding steroid dienone is 4. The molecule has 0 fully saturated rings. The summed E-state index contributed by atoms with van der Waals surface area (Å²) < 4.78 is 5.27. The summed E-state index contributed by atoms with van der Waals surface area (Å²) in [7, 11) is 0. The number of hydrogen-bond acceptors (Lipinski definition) is 4. The van der Waals surface area contributed by atoms with Crippen molar-refractivity contribution in [2.75, 3.05) is 12.3 Å². The monoisotopic (exact) mass is 353 g/mol. The highest BCUT2D eigenvalue weighted by atomic mass is 32.1. The molecular formula is C21H23NO2S. The number of carbonyl (C=O) groups excluding carboxylic acids is 1. The fraction of sp³-hybridized carbons (Fsp3) is 0.286. The van der Waals surface area contributed by atoms with E-state index in [9.17, 15) is 4.79 Å². The Kier molecular flexibility index (Phi) is 5.39. The molecule has 0 amide bonds. The van der Waals surface area contributed by atoms with Gasteiger partial charge in [-0.25, -0.2) is 4.79 Å². The van der Waals surface area contributed by atoms with Crippen molar-refractivity contribution in [3.63, 3.8) is 0 Å². The van der Waals surface area contributed by atoms with Gasteiger partial charge < -0.3 is 10.5 Å². The van der Waals surface area contributed by atoms with E-state index in [1.165, 1.54) is 11.3 Å². The summed E-state index contributed by atoms with van der Waals surface area (Å²) in [6, 6.07) is 10.1. The van der Waals surface area contributed by atoms with Gasteiger partial charge in [0.2, 0.25) is 0 Å². The highest BCUT2D eigenvalue weighted by molar-refractivity contribution is 7.19. The van der Waals surface area contributed by atoms with Crippen LogP contribution in [-0.4, -0.2) is 12.6 Å². The Balaban J connectivity index is 2.07. The van der Waals surface area contributed by atoms with Gasteiger partial charge in [0.05, 0.1) is 12.2 Å². The van der Waals surface area contributed by atoms with Crippen molar-refractivity contribution < 1.29 is 9.53 Å². The van der Waals surface area contributed by atoms with Crippen LogP contribution in [0.25, 0.3) is 10.4 Å². The summed E-state index contributed by atoms with van der Waals surface area (Å²) in [5.74, 6) is 0.441. The zero-order valence-corrected chi connectivity index (χ0v) is 15.4. The van der Waals surface area contributed by atoms with Crippen molar-refractivity contribution in [3.05, 3.63) is 65.8 Å². The van der Waals surface area contributed by atoms with Gasteiger partial charge in [0.25, 0.3) is 0 Å². The Hall–Kier alpha value is -2.33. The van der Waals surface area contributed by atoms with Crippen LogP contribution in [0.15, 0.2) is 54.6 Å². The maximum absolute atomic E-state index is 12.5. The van der Waals surface area contributed by atoms with Gasteiger partial charge in [-0.1, -0.05) is 61.6 Å². The van der Waals surface area contributed by atoms with Crippen molar-refractivity contribution in [1.82, 2.24) is 0 Å². The second-order valence-electron chi connectivity index (χ2n) is 6.23. The summed E-state index contributed by atoms with van der Waals surface area (Å²) in [6.07, 6.45) is 9.34. The predicted molar refractivity (Wildman–Crippen MR) is 105 cm³/mol. The molecule has 2 aromatic rings. The van der Waals surface area contributed by atoms with E-state index < -0.39 is 0 Å². The normalized spacial score (nSPS) is 19.1. The number of nitrogens with two attached hydrogens (primary N) is 1. The highest BCUT2D eigenvalue weighted by Crippen LogP contribution is 2.41. The number of rotatable bonds is 5. The minimum absolute atomic E-state index is 0.323. The van der Waals surface area contributed by atoms with Crippen LogP contribution in [-0.2, 0) is 11.2 Å². The number of anilines is 1. The third-order valence-electron chi connectivity index (χ3n) is 4.55. The molecule has 0 radical (unpaired) electrons. The maximum atomic E-state index is 12.5. The van der Waals surface area contributed by atoms with Gasteiger partial charge in [-0.3, -0.25) is 0 Å².